The van der Waals surface area contributed by atoms with Crippen LogP contribution in [0.3, 0.4) is 0 Å². The van der Waals surface area contributed by atoms with Gasteiger partial charge in [-0.05, 0) is 43.9 Å². The first-order valence-corrected chi connectivity index (χ1v) is 7.15. The molecule has 2 aromatic rings. The number of aryl methyl sites for hydroxylation is 1. The molecule has 2 N–H and O–H groups in total. The molecule has 0 saturated heterocycles. The summed E-state index contributed by atoms with van der Waals surface area (Å²) in [4.78, 5) is 3.71. The monoisotopic (exact) mass is 240 g/mol. The molecule has 0 radical (unpaired) electrons. The molecule has 2 heterocycles. The molecule has 1 spiro atoms. The van der Waals surface area contributed by atoms with Crippen molar-refractivity contribution in [3.8, 4) is 0 Å². The minimum absolute atomic E-state index is 0.264. The SMILES string of the molecule is Cc1ccc2[nH]c3c(c2c1)CCNC31CCCC1. The van der Waals surface area contributed by atoms with E-state index in [1.165, 1.54) is 54.3 Å². The average molecular weight is 240 g/mol. The molecule has 2 heteroatoms. The van der Waals surface area contributed by atoms with Crippen molar-refractivity contribution in [3.63, 3.8) is 0 Å². The maximum Gasteiger partial charge on any atom is 0.0589 e. The third-order valence-electron chi connectivity index (χ3n) is 4.84. The molecular weight excluding hydrogens is 220 g/mol. The third-order valence-corrected chi connectivity index (χ3v) is 4.84. The highest BCUT2D eigenvalue weighted by Crippen LogP contribution is 2.43. The van der Waals surface area contributed by atoms with Crippen LogP contribution in [-0.4, -0.2) is 11.5 Å². The van der Waals surface area contributed by atoms with E-state index in [1.54, 1.807) is 5.56 Å². The largest absolute Gasteiger partial charge is 0.357 e. The summed E-state index contributed by atoms with van der Waals surface area (Å²) in [6.45, 7) is 3.32. The molecule has 18 heavy (non-hydrogen) atoms. The standard InChI is InChI=1S/C16H20N2/c1-11-4-5-14-13(10-11)12-6-9-17-16(15(12)18-14)7-2-3-8-16/h4-5,10,17-18H,2-3,6-9H2,1H3. The van der Waals surface area contributed by atoms with Gasteiger partial charge >= 0.3 is 0 Å². The molecule has 1 aliphatic carbocycles. The van der Waals surface area contributed by atoms with Crippen molar-refractivity contribution in [3.05, 3.63) is 35.0 Å². The van der Waals surface area contributed by atoms with E-state index in [0.29, 0.717) is 0 Å². The number of aromatic nitrogens is 1. The molecule has 0 unspecified atom stereocenters. The van der Waals surface area contributed by atoms with Gasteiger partial charge in [0.05, 0.1) is 5.54 Å². The summed E-state index contributed by atoms with van der Waals surface area (Å²) in [5.74, 6) is 0. The van der Waals surface area contributed by atoms with E-state index < -0.39 is 0 Å². The highest BCUT2D eigenvalue weighted by molar-refractivity contribution is 5.86. The number of benzene rings is 1. The zero-order valence-corrected chi connectivity index (χ0v) is 11.0. The third kappa shape index (κ3) is 1.33. The molecule has 0 atom stereocenters. The minimum atomic E-state index is 0.264. The minimum Gasteiger partial charge on any atom is -0.357 e. The van der Waals surface area contributed by atoms with Crippen molar-refractivity contribution in [2.45, 2.75) is 44.6 Å². The Hall–Kier alpha value is -1.28. The van der Waals surface area contributed by atoms with Crippen LogP contribution in [0.1, 0.15) is 42.5 Å². The van der Waals surface area contributed by atoms with E-state index in [2.05, 4.69) is 35.4 Å². The van der Waals surface area contributed by atoms with Crippen molar-refractivity contribution in [1.82, 2.24) is 10.3 Å². The van der Waals surface area contributed by atoms with Gasteiger partial charge < -0.3 is 10.3 Å². The predicted octanol–water partition coefficient (Wildman–Crippen LogP) is 3.39. The van der Waals surface area contributed by atoms with Gasteiger partial charge in [-0.1, -0.05) is 24.5 Å². The Labute approximate surface area is 108 Å². The number of H-pyrrole nitrogens is 1. The summed E-state index contributed by atoms with van der Waals surface area (Å²) in [5.41, 5.74) is 6.02. The number of nitrogens with one attached hydrogen (secondary N) is 2. The van der Waals surface area contributed by atoms with E-state index in [0.717, 1.165) is 6.54 Å². The Balaban J connectivity index is 1.98. The zero-order valence-electron chi connectivity index (χ0n) is 11.0. The first-order valence-electron chi connectivity index (χ1n) is 7.15. The fourth-order valence-electron chi connectivity index (χ4n) is 3.95. The molecule has 0 bridgehead atoms. The lowest BCUT2D eigenvalue weighted by atomic mass is 9.85. The van der Waals surface area contributed by atoms with E-state index in [1.807, 2.05) is 0 Å². The predicted molar refractivity (Wildman–Crippen MR) is 74.9 cm³/mol. The molecule has 1 fully saturated rings. The van der Waals surface area contributed by atoms with Gasteiger partial charge in [-0.25, -0.2) is 0 Å². The van der Waals surface area contributed by atoms with Gasteiger partial charge in [0, 0.05) is 23.1 Å². The van der Waals surface area contributed by atoms with E-state index in [4.69, 9.17) is 0 Å². The molecule has 1 saturated carbocycles. The number of rotatable bonds is 0. The molecule has 2 nitrogen and oxygen atoms in total. The number of aromatic amines is 1. The second kappa shape index (κ2) is 3.61. The highest BCUT2D eigenvalue weighted by atomic mass is 15.0. The van der Waals surface area contributed by atoms with Crippen LogP contribution < -0.4 is 5.32 Å². The van der Waals surface area contributed by atoms with Crippen LogP contribution in [0.5, 0.6) is 0 Å². The smallest absolute Gasteiger partial charge is 0.0589 e. The van der Waals surface area contributed by atoms with Crippen LogP contribution in [0.2, 0.25) is 0 Å². The first kappa shape index (κ1) is 10.6. The first-order chi connectivity index (χ1) is 8.78. The summed E-state index contributed by atoms with van der Waals surface area (Å²) in [6, 6.07) is 6.79. The molecule has 4 rings (SSSR count). The summed E-state index contributed by atoms with van der Waals surface area (Å²) < 4.78 is 0. The Bertz CT molecular complexity index is 603. The molecule has 1 aromatic heterocycles. The van der Waals surface area contributed by atoms with Crippen LogP contribution in [0.4, 0.5) is 0 Å². The highest BCUT2D eigenvalue weighted by Gasteiger charge is 2.40. The molecule has 1 aliphatic heterocycles. The normalized spacial score (nSPS) is 21.6. The van der Waals surface area contributed by atoms with Crippen molar-refractivity contribution in [2.75, 3.05) is 6.54 Å². The molecule has 94 valence electrons. The van der Waals surface area contributed by atoms with Crippen LogP contribution in [0.15, 0.2) is 18.2 Å². The molecular formula is C16H20N2. The summed E-state index contributed by atoms with van der Waals surface area (Å²) in [6.07, 6.45) is 6.49. The van der Waals surface area contributed by atoms with E-state index in [9.17, 15) is 0 Å². The number of hydrogen-bond donors (Lipinski definition) is 2. The Morgan fingerprint density at radius 3 is 2.83 bits per heavy atom. The number of fused-ring (bicyclic) bond motifs is 4. The van der Waals surface area contributed by atoms with Gasteiger partial charge in [0.15, 0.2) is 0 Å². The molecule has 1 aromatic carbocycles. The van der Waals surface area contributed by atoms with Crippen LogP contribution in [-0.2, 0) is 12.0 Å². The lowest BCUT2D eigenvalue weighted by Gasteiger charge is -2.35. The topological polar surface area (TPSA) is 27.8 Å². The summed E-state index contributed by atoms with van der Waals surface area (Å²) in [7, 11) is 0. The number of hydrogen-bond acceptors (Lipinski definition) is 1. The van der Waals surface area contributed by atoms with Gasteiger partial charge in [-0.2, -0.15) is 0 Å². The van der Waals surface area contributed by atoms with Gasteiger partial charge in [0.25, 0.3) is 0 Å². The summed E-state index contributed by atoms with van der Waals surface area (Å²) >= 11 is 0. The Morgan fingerprint density at radius 1 is 1.17 bits per heavy atom. The Morgan fingerprint density at radius 2 is 2.00 bits per heavy atom. The lowest BCUT2D eigenvalue weighted by molar-refractivity contribution is 0.317. The lowest BCUT2D eigenvalue weighted by Crippen LogP contribution is -2.45. The molecule has 2 aliphatic rings. The van der Waals surface area contributed by atoms with Crippen LogP contribution >= 0.6 is 0 Å². The van der Waals surface area contributed by atoms with Crippen molar-refractivity contribution < 1.29 is 0 Å². The van der Waals surface area contributed by atoms with Crippen LogP contribution in [0, 0.1) is 6.92 Å². The van der Waals surface area contributed by atoms with Crippen molar-refractivity contribution >= 4 is 10.9 Å². The second-order valence-electron chi connectivity index (χ2n) is 5.99. The average Bonchev–Trinajstić information content (AvgIpc) is 2.96. The maximum atomic E-state index is 3.79. The fraction of sp³-hybridized carbons (Fsp3) is 0.500. The van der Waals surface area contributed by atoms with Gasteiger partial charge in [-0.3, -0.25) is 0 Å². The van der Waals surface area contributed by atoms with Gasteiger partial charge in [-0.15, -0.1) is 0 Å². The maximum absolute atomic E-state index is 3.79. The zero-order chi connectivity index (χ0) is 12.2. The van der Waals surface area contributed by atoms with E-state index in [-0.39, 0.29) is 5.54 Å². The fourth-order valence-corrected chi connectivity index (χ4v) is 3.95. The quantitative estimate of drug-likeness (QED) is 0.726. The second-order valence-corrected chi connectivity index (χ2v) is 5.99. The van der Waals surface area contributed by atoms with Crippen molar-refractivity contribution in [2.24, 2.45) is 0 Å². The van der Waals surface area contributed by atoms with E-state index >= 15 is 0 Å². The van der Waals surface area contributed by atoms with Crippen molar-refractivity contribution in [1.29, 1.82) is 0 Å². The van der Waals surface area contributed by atoms with Crippen LogP contribution in [0.25, 0.3) is 10.9 Å². The summed E-state index contributed by atoms with van der Waals surface area (Å²) in [5, 5.41) is 5.25. The van der Waals surface area contributed by atoms with Gasteiger partial charge in [0.2, 0.25) is 0 Å². The Kier molecular flexibility index (Phi) is 2.13. The van der Waals surface area contributed by atoms with Gasteiger partial charge in [0.1, 0.15) is 0 Å². The molecule has 0 amide bonds.